The lowest BCUT2D eigenvalue weighted by molar-refractivity contribution is -0.136. The second-order valence-electron chi connectivity index (χ2n) is 9.93. The molecule has 188 valence electrons. The molecule has 1 fully saturated rings. The molecule has 0 aliphatic carbocycles. The van der Waals surface area contributed by atoms with Crippen LogP contribution in [0.2, 0.25) is 5.02 Å². The van der Waals surface area contributed by atoms with Crippen LogP contribution in [0.15, 0.2) is 48.5 Å². The van der Waals surface area contributed by atoms with Gasteiger partial charge < -0.3 is 14.6 Å². The van der Waals surface area contributed by atoms with Gasteiger partial charge in [-0.2, -0.15) is 0 Å². The zero-order chi connectivity index (χ0) is 25.8. The summed E-state index contributed by atoms with van der Waals surface area (Å²) >= 11 is 7.77. The van der Waals surface area contributed by atoms with Crippen molar-refractivity contribution in [1.82, 2.24) is 19.4 Å². The number of rotatable bonds is 5. The van der Waals surface area contributed by atoms with Gasteiger partial charge in [-0.3, -0.25) is 4.79 Å². The van der Waals surface area contributed by atoms with Crippen LogP contribution in [-0.2, 0) is 11.2 Å². The van der Waals surface area contributed by atoms with Crippen LogP contribution in [0.1, 0.15) is 29.4 Å². The van der Waals surface area contributed by atoms with Crippen molar-refractivity contribution in [3.8, 4) is 21.7 Å². The third kappa shape index (κ3) is 4.31. The molecule has 1 atom stereocenters. The monoisotopic (exact) mass is 530 g/mol. The Kier molecular flexibility index (Phi) is 6.02. The quantitative estimate of drug-likeness (QED) is 0.272. The highest BCUT2D eigenvalue weighted by molar-refractivity contribution is 7.22. The van der Waals surface area contributed by atoms with Gasteiger partial charge in [-0.05, 0) is 86.9 Å². The standard InChI is InChI=1S/C29H27ClN4O2S/c1-16-12-24-28(27(22(16)14-26(35)36)18-4-7-20(30)8-5-18)37-29(32-24)19-6-9-23-25(13-19)34(17(2)31-23)21-10-11-33(3)15-21/h4-9,12-13,21H,10-11,14-15H2,1-3H3,(H,35,36). The first-order valence-corrected chi connectivity index (χ1v) is 13.6. The Morgan fingerprint density at radius 3 is 2.54 bits per heavy atom. The Morgan fingerprint density at radius 1 is 1.08 bits per heavy atom. The largest absolute Gasteiger partial charge is 0.481 e. The van der Waals surface area contributed by atoms with E-state index in [0.29, 0.717) is 11.1 Å². The van der Waals surface area contributed by atoms with Crippen molar-refractivity contribution in [3.63, 3.8) is 0 Å². The molecule has 5 aromatic rings. The maximum atomic E-state index is 11.8. The Labute approximate surface area is 224 Å². The maximum absolute atomic E-state index is 11.8. The molecular weight excluding hydrogens is 504 g/mol. The number of imidazole rings is 1. The highest BCUT2D eigenvalue weighted by atomic mass is 35.5. The highest BCUT2D eigenvalue weighted by Crippen LogP contribution is 2.41. The number of carbonyl (C=O) groups is 1. The van der Waals surface area contributed by atoms with Gasteiger partial charge in [0.05, 0.1) is 27.7 Å². The lowest BCUT2D eigenvalue weighted by Crippen LogP contribution is -2.17. The maximum Gasteiger partial charge on any atom is 0.307 e. The topological polar surface area (TPSA) is 71.2 Å². The number of carboxylic acid groups (broad SMARTS) is 1. The molecule has 0 saturated carbocycles. The van der Waals surface area contributed by atoms with Crippen LogP contribution in [0, 0.1) is 13.8 Å². The van der Waals surface area contributed by atoms with Crippen LogP contribution in [0.5, 0.6) is 0 Å². The second-order valence-corrected chi connectivity index (χ2v) is 11.4. The number of aliphatic carboxylic acids is 1. The predicted octanol–water partition coefficient (Wildman–Crippen LogP) is 6.75. The van der Waals surface area contributed by atoms with Crippen molar-refractivity contribution in [2.45, 2.75) is 32.7 Å². The lowest BCUT2D eigenvalue weighted by Gasteiger charge is -2.15. The molecule has 0 spiro atoms. The molecular formula is C29H27ClN4O2S. The van der Waals surface area contributed by atoms with Crippen molar-refractivity contribution >= 4 is 50.2 Å². The number of aromatic nitrogens is 3. The van der Waals surface area contributed by atoms with Crippen molar-refractivity contribution in [1.29, 1.82) is 0 Å². The first kappa shape index (κ1) is 24.1. The van der Waals surface area contributed by atoms with Crippen LogP contribution in [-0.4, -0.2) is 50.6 Å². The van der Waals surface area contributed by atoms with Gasteiger partial charge in [0.15, 0.2) is 0 Å². The van der Waals surface area contributed by atoms with Crippen LogP contribution in [0.3, 0.4) is 0 Å². The molecule has 1 unspecified atom stereocenters. The van der Waals surface area contributed by atoms with Gasteiger partial charge in [-0.25, -0.2) is 9.97 Å². The summed E-state index contributed by atoms with van der Waals surface area (Å²) in [6.45, 7) is 6.16. The number of likely N-dealkylation sites (N-methyl/N-ethyl adjacent to an activating group) is 1. The minimum Gasteiger partial charge on any atom is -0.481 e. The zero-order valence-electron chi connectivity index (χ0n) is 21.0. The fraction of sp³-hybridized carbons (Fsp3) is 0.276. The molecule has 1 N–H and O–H groups in total. The molecule has 1 saturated heterocycles. The first-order chi connectivity index (χ1) is 17.8. The van der Waals surface area contributed by atoms with Gasteiger partial charge in [0.2, 0.25) is 0 Å². The lowest BCUT2D eigenvalue weighted by atomic mass is 9.93. The number of carboxylic acids is 1. The van der Waals surface area contributed by atoms with E-state index >= 15 is 0 Å². The van der Waals surface area contributed by atoms with Crippen molar-refractivity contribution in [2.75, 3.05) is 20.1 Å². The molecule has 2 aromatic heterocycles. The SMILES string of the molecule is Cc1cc2nc(-c3ccc4nc(C)n(C5CCN(C)C5)c4c3)sc2c(-c2ccc(Cl)cc2)c1CC(=O)O. The van der Waals surface area contributed by atoms with Crippen LogP contribution >= 0.6 is 22.9 Å². The number of halogens is 1. The molecule has 6 nitrogen and oxygen atoms in total. The summed E-state index contributed by atoms with van der Waals surface area (Å²) in [4.78, 5) is 24.0. The smallest absolute Gasteiger partial charge is 0.307 e. The predicted molar refractivity (Wildman–Crippen MR) is 151 cm³/mol. The summed E-state index contributed by atoms with van der Waals surface area (Å²) in [5.74, 6) is 0.185. The van der Waals surface area contributed by atoms with Gasteiger partial charge in [-0.15, -0.1) is 11.3 Å². The normalized spacial score (nSPS) is 16.3. The third-order valence-electron chi connectivity index (χ3n) is 7.32. The van der Waals surface area contributed by atoms with Crippen molar-refractivity contribution in [3.05, 3.63) is 70.5 Å². The molecule has 6 rings (SSSR count). The first-order valence-electron chi connectivity index (χ1n) is 12.4. The Hall–Kier alpha value is -3.26. The minimum atomic E-state index is -0.853. The molecule has 0 bridgehead atoms. The number of likely N-dealkylation sites (tertiary alicyclic amines) is 1. The molecule has 3 heterocycles. The molecule has 0 radical (unpaired) electrons. The zero-order valence-corrected chi connectivity index (χ0v) is 22.5. The van der Waals surface area contributed by atoms with E-state index < -0.39 is 5.97 Å². The summed E-state index contributed by atoms with van der Waals surface area (Å²) in [6.07, 6.45) is 1.07. The van der Waals surface area contributed by atoms with Gasteiger partial charge >= 0.3 is 5.97 Å². The summed E-state index contributed by atoms with van der Waals surface area (Å²) in [6, 6.07) is 16.4. The molecule has 0 amide bonds. The van der Waals surface area contributed by atoms with Crippen LogP contribution in [0.4, 0.5) is 0 Å². The summed E-state index contributed by atoms with van der Waals surface area (Å²) in [7, 11) is 2.17. The van der Waals surface area contributed by atoms with E-state index in [0.717, 1.165) is 79.4 Å². The molecule has 8 heteroatoms. The number of benzene rings is 3. The van der Waals surface area contributed by atoms with E-state index in [4.69, 9.17) is 21.6 Å². The van der Waals surface area contributed by atoms with Gasteiger partial charge in [-0.1, -0.05) is 23.7 Å². The van der Waals surface area contributed by atoms with E-state index in [9.17, 15) is 9.90 Å². The van der Waals surface area contributed by atoms with Gasteiger partial charge in [0.1, 0.15) is 10.8 Å². The highest BCUT2D eigenvalue weighted by Gasteiger charge is 2.25. The number of hydrogen-bond donors (Lipinski definition) is 1. The second kappa shape index (κ2) is 9.24. The van der Waals surface area contributed by atoms with Crippen LogP contribution < -0.4 is 0 Å². The summed E-state index contributed by atoms with van der Waals surface area (Å²) in [5.41, 5.74) is 7.65. The van der Waals surface area contributed by atoms with E-state index in [2.05, 4.69) is 41.6 Å². The number of aryl methyl sites for hydroxylation is 2. The van der Waals surface area contributed by atoms with Gasteiger partial charge in [0, 0.05) is 28.7 Å². The molecule has 1 aliphatic heterocycles. The van der Waals surface area contributed by atoms with E-state index in [1.54, 1.807) is 11.3 Å². The average Bonchev–Trinajstić information content (AvgIpc) is 3.55. The number of hydrogen-bond acceptors (Lipinski definition) is 5. The van der Waals surface area contributed by atoms with Gasteiger partial charge in [0.25, 0.3) is 0 Å². The summed E-state index contributed by atoms with van der Waals surface area (Å²) in [5, 5.41) is 11.2. The third-order valence-corrected chi connectivity index (χ3v) is 8.71. The molecule has 3 aromatic carbocycles. The number of nitrogens with zero attached hydrogens (tertiary/aromatic N) is 4. The van der Waals surface area contributed by atoms with E-state index in [1.165, 1.54) is 0 Å². The molecule has 1 aliphatic rings. The van der Waals surface area contributed by atoms with E-state index in [-0.39, 0.29) is 6.42 Å². The average molecular weight is 531 g/mol. The fourth-order valence-electron chi connectivity index (χ4n) is 5.59. The Bertz CT molecular complexity index is 1670. The number of thiazole rings is 1. The van der Waals surface area contributed by atoms with E-state index in [1.807, 2.05) is 37.3 Å². The number of fused-ring (bicyclic) bond motifs is 2. The van der Waals surface area contributed by atoms with Crippen molar-refractivity contribution < 1.29 is 9.90 Å². The summed E-state index contributed by atoms with van der Waals surface area (Å²) < 4.78 is 3.37. The minimum absolute atomic E-state index is 0.0484. The van der Waals surface area contributed by atoms with Crippen LogP contribution in [0.25, 0.3) is 42.9 Å². The van der Waals surface area contributed by atoms with Crippen molar-refractivity contribution in [2.24, 2.45) is 0 Å². The Balaban J connectivity index is 1.53. The molecule has 37 heavy (non-hydrogen) atoms. The fourth-order valence-corrected chi connectivity index (χ4v) is 6.85. The Morgan fingerprint density at radius 2 is 1.84 bits per heavy atom.